The highest BCUT2D eigenvalue weighted by Gasteiger charge is 2.30. The van der Waals surface area contributed by atoms with Crippen molar-refractivity contribution in [2.45, 2.75) is 44.7 Å². The molecule has 21 heavy (non-hydrogen) atoms. The van der Waals surface area contributed by atoms with E-state index in [9.17, 15) is 0 Å². The fourth-order valence-electron chi connectivity index (χ4n) is 3.61. The van der Waals surface area contributed by atoms with E-state index >= 15 is 0 Å². The number of hydrogen-bond donors (Lipinski definition) is 1. The van der Waals surface area contributed by atoms with Crippen molar-refractivity contribution in [2.75, 3.05) is 20.7 Å². The van der Waals surface area contributed by atoms with Crippen LogP contribution in [0.5, 0.6) is 5.75 Å². The molecule has 0 aliphatic heterocycles. The topological polar surface area (TPSA) is 38.5 Å². The number of methoxy groups -OCH3 is 1. The second-order valence-electron chi connectivity index (χ2n) is 6.13. The van der Waals surface area contributed by atoms with Crippen LogP contribution in [0, 0.1) is 5.92 Å². The molecule has 0 aromatic heterocycles. The number of nitrogens with two attached hydrogens (primary N) is 1. The maximum atomic E-state index is 6.12. The third-order valence-electron chi connectivity index (χ3n) is 4.85. The average Bonchev–Trinajstić information content (AvgIpc) is 2.48. The Morgan fingerprint density at radius 1 is 1.38 bits per heavy atom. The summed E-state index contributed by atoms with van der Waals surface area (Å²) in [6.07, 6.45) is 5.28. The zero-order valence-electron chi connectivity index (χ0n) is 13.3. The van der Waals surface area contributed by atoms with Crippen molar-refractivity contribution in [1.82, 2.24) is 4.90 Å². The molecule has 0 radical (unpaired) electrons. The van der Waals surface area contributed by atoms with Gasteiger partial charge in [-0.1, -0.05) is 35.7 Å². The molecule has 1 aliphatic carbocycles. The van der Waals surface area contributed by atoms with Crippen molar-refractivity contribution in [1.29, 1.82) is 0 Å². The van der Waals surface area contributed by atoms with Gasteiger partial charge in [0, 0.05) is 22.6 Å². The Hall–Kier alpha value is -0.580. The molecule has 0 bridgehead atoms. The summed E-state index contributed by atoms with van der Waals surface area (Å²) in [5.41, 5.74) is 7.29. The van der Waals surface area contributed by atoms with Gasteiger partial charge in [0.2, 0.25) is 0 Å². The molecule has 0 spiro atoms. The lowest BCUT2D eigenvalue weighted by Crippen LogP contribution is -2.43. The summed E-state index contributed by atoms with van der Waals surface area (Å²) < 4.78 is 6.62. The fourth-order valence-corrected chi connectivity index (χ4v) is 3.99. The van der Waals surface area contributed by atoms with Gasteiger partial charge in [0.25, 0.3) is 0 Å². The highest BCUT2D eigenvalue weighted by Crippen LogP contribution is 2.36. The molecule has 3 nitrogen and oxygen atoms in total. The van der Waals surface area contributed by atoms with Crippen molar-refractivity contribution < 1.29 is 4.74 Å². The minimum atomic E-state index is 0.197. The van der Waals surface area contributed by atoms with Crippen LogP contribution in [-0.4, -0.2) is 31.6 Å². The number of nitrogens with zero attached hydrogens (tertiary/aromatic N) is 1. The first kappa shape index (κ1) is 16.8. The maximum absolute atomic E-state index is 6.12. The summed E-state index contributed by atoms with van der Waals surface area (Å²) in [4.78, 5) is 2.47. The molecule has 3 unspecified atom stereocenters. The number of rotatable bonds is 5. The van der Waals surface area contributed by atoms with Gasteiger partial charge in [-0.2, -0.15) is 0 Å². The van der Waals surface area contributed by atoms with Crippen LogP contribution in [0.25, 0.3) is 0 Å². The summed E-state index contributed by atoms with van der Waals surface area (Å²) >= 11 is 3.57. The van der Waals surface area contributed by atoms with Gasteiger partial charge in [-0.25, -0.2) is 0 Å². The predicted molar refractivity (Wildman–Crippen MR) is 91.7 cm³/mol. The van der Waals surface area contributed by atoms with E-state index in [1.165, 1.54) is 31.2 Å². The lowest BCUT2D eigenvalue weighted by atomic mass is 9.84. The number of halogens is 1. The Balaban J connectivity index is 2.28. The maximum Gasteiger partial charge on any atom is 0.123 e. The smallest absolute Gasteiger partial charge is 0.123 e. The van der Waals surface area contributed by atoms with E-state index in [1.807, 2.05) is 12.1 Å². The Bertz CT molecular complexity index is 466. The average molecular weight is 355 g/mol. The van der Waals surface area contributed by atoms with E-state index in [0.717, 1.165) is 16.1 Å². The summed E-state index contributed by atoms with van der Waals surface area (Å²) in [6, 6.07) is 6.97. The van der Waals surface area contributed by atoms with Crippen LogP contribution in [0.15, 0.2) is 22.7 Å². The van der Waals surface area contributed by atoms with Gasteiger partial charge in [0.05, 0.1) is 13.2 Å². The van der Waals surface area contributed by atoms with Crippen LogP contribution in [-0.2, 0) is 0 Å². The fraction of sp³-hybridized carbons (Fsp3) is 0.647. The Labute approximate surface area is 137 Å². The van der Waals surface area contributed by atoms with E-state index in [0.29, 0.717) is 12.6 Å². The zero-order valence-corrected chi connectivity index (χ0v) is 14.9. The molecule has 118 valence electrons. The van der Waals surface area contributed by atoms with Crippen LogP contribution < -0.4 is 10.5 Å². The van der Waals surface area contributed by atoms with Gasteiger partial charge in [0.15, 0.2) is 0 Å². The molecular formula is C17H27BrN2O. The first-order chi connectivity index (χ1) is 10.1. The summed E-state index contributed by atoms with van der Waals surface area (Å²) in [6.45, 7) is 2.97. The Morgan fingerprint density at radius 3 is 2.71 bits per heavy atom. The monoisotopic (exact) mass is 354 g/mol. The van der Waals surface area contributed by atoms with Crippen molar-refractivity contribution in [3.05, 3.63) is 28.2 Å². The first-order valence-electron chi connectivity index (χ1n) is 7.84. The molecule has 2 rings (SSSR count). The van der Waals surface area contributed by atoms with Crippen LogP contribution in [0.2, 0.25) is 0 Å². The third-order valence-corrected chi connectivity index (χ3v) is 5.35. The third kappa shape index (κ3) is 3.79. The quantitative estimate of drug-likeness (QED) is 0.869. The highest BCUT2D eigenvalue weighted by atomic mass is 79.9. The van der Waals surface area contributed by atoms with Gasteiger partial charge < -0.3 is 10.5 Å². The van der Waals surface area contributed by atoms with Gasteiger partial charge in [-0.3, -0.25) is 4.90 Å². The normalized spacial score (nSPS) is 24.1. The second-order valence-corrected chi connectivity index (χ2v) is 7.05. The van der Waals surface area contributed by atoms with E-state index < -0.39 is 0 Å². The molecule has 1 fully saturated rings. The Kier molecular flexibility index (Phi) is 6.08. The molecule has 1 aliphatic rings. The van der Waals surface area contributed by atoms with Crippen molar-refractivity contribution in [3.63, 3.8) is 0 Å². The van der Waals surface area contributed by atoms with Crippen molar-refractivity contribution >= 4 is 15.9 Å². The minimum absolute atomic E-state index is 0.197. The van der Waals surface area contributed by atoms with E-state index in [-0.39, 0.29) is 6.04 Å². The van der Waals surface area contributed by atoms with Crippen LogP contribution >= 0.6 is 15.9 Å². The number of ether oxygens (including phenoxy) is 1. The van der Waals surface area contributed by atoms with Gasteiger partial charge >= 0.3 is 0 Å². The molecule has 3 atom stereocenters. The molecule has 4 heteroatoms. The molecule has 1 aromatic carbocycles. The van der Waals surface area contributed by atoms with Crippen LogP contribution in [0.1, 0.15) is 44.2 Å². The lowest BCUT2D eigenvalue weighted by molar-refractivity contribution is 0.0979. The zero-order chi connectivity index (χ0) is 15.4. The number of likely N-dealkylation sites (N-methyl/N-ethyl adjacent to an activating group) is 1. The van der Waals surface area contributed by atoms with E-state index in [4.69, 9.17) is 10.5 Å². The van der Waals surface area contributed by atoms with Gasteiger partial charge in [0.1, 0.15) is 5.75 Å². The molecular weight excluding hydrogens is 328 g/mol. The summed E-state index contributed by atoms with van der Waals surface area (Å²) in [5, 5.41) is 0. The van der Waals surface area contributed by atoms with E-state index in [1.54, 1.807) is 7.11 Å². The molecule has 1 aromatic rings. The molecule has 2 N–H and O–H groups in total. The SMILES string of the molecule is COc1ccc(Br)cc1C(CN)N(C)C1CCCCC1C. The van der Waals surface area contributed by atoms with Crippen molar-refractivity contribution in [3.8, 4) is 5.75 Å². The Morgan fingerprint density at radius 2 is 2.10 bits per heavy atom. The number of benzene rings is 1. The number of hydrogen-bond acceptors (Lipinski definition) is 3. The highest BCUT2D eigenvalue weighted by molar-refractivity contribution is 9.10. The molecule has 0 saturated heterocycles. The van der Waals surface area contributed by atoms with E-state index in [2.05, 4.69) is 40.9 Å². The summed E-state index contributed by atoms with van der Waals surface area (Å²) in [7, 11) is 3.94. The summed E-state index contributed by atoms with van der Waals surface area (Å²) in [5.74, 6) is 1.65. The minimum Gasteiger partial charge on any atom is -0.496 e. The van der Waals surface area contributed by atoms with Gasteiger partial charge in [-0.05, 0) is 44.0 Å². The van der Waals surface area contributed by atoms with Crippen LogP contribution in [0.3, 0.4) is 0 Å². The van der Waals surface area contributed by atoms with Crippen LogP contribution in [0.4, 0.5) is 0 Å². The molecule has 0 heterocycles. The molecule has 0 amide bonds. The largest absolute Gasteiger partial charge is 0.496 e. The predicted octanol–water partition coefficient (Wildman–Crippen LogP) is 3.97. The molecule has 1 saturated carbocycles. The first-order valence-corrected chi connectivity index (χ1v) is 8.63. The van der Waals surface area contributed by atoms with Crippen molar-refractivity contribution in [2.24, 2.45) is 11.7 Å². The lowest BCUT2D eigenvalue weighted by Gasteiger charge is -2.41. The second kappa shape index (κ2) is 7.61. The van der Waals surface area contributed by atoms with Gasteiger partial charge in [-0.15, -0.1) is 0 Å². The standard InChI is InChI=1S/C17H27BrN2O/c1-12-6-4-5-7-15(12)20(2)16(11-19)14-10-13(18)8-9-17(14)21-3/h8-10,12,15-16H,4-7,11,19H2,1-3H3.